The number of nitrogens with zero attached hydrogens (tertiary/aromatic N) is 1. The Labute approximate surface area is 195 Å². The van der Waals surface area contributed by atoms with Crippen LogP contribution in [0.5, 0.6) is 5.75 Å². The molecule has 0 aromatic heterocycles. The molecular weight excluding hydrogens is 505 g/mol. The Hall–Kier alpha value is -3.56. The highest BCUT2D eigenvalue weighted by Crippen LogP contribution is 2.24. The number of amides is 2. The van der Waals surface area contributed by atoms with Gasteiger partial charge in [0.1, 0.15) is 11.6 Å². The SMILES string of the molecule is O=C(N/N=C\c1cc(Br)ccc1OC(=O)c1ccccc1Cl)C(=O)Nc1ccc(F)cc1. The highest BCUT2D eigenvalue weighted by atomic mass is 79.9. The number of esters is 1. The Balaban J connectivity index is 1.67. The summed E-state index contributed by atoms with van der Waals surface area (Å²) in [5.74, 6) is -3.03. The van der Waals surface area contributed by atoms with Crippen LogP contribution >= 0.6 is 27.5 Å². The van der Waals surface area contributed by atoms with Gasteiger partial charge in [-0.25, -0.2) is 14.6 Å². The van der Waals surface area contributed by atoms with Gasteiger partial charge in [0.05, 0.1) is 16.8 Å². The summed E-state index contributed by atoms with van der Waals surface area (Å²) in [7, 11) is 0. The van der Waals surface area contributed by atoms with E-state index < -0.39 is 23.6 Å². The summed E-state index contributed by atoms with van der Waals surface area (Å²) in [5.41, 5.74) is 2.85. The largest absolute Gasteiger partial charge is 0.422 e. The minimum atomic E-state index is -1.05. The molecule has 0 spiro atoms. The standard InChI is InChI=1S/C22H14BrClFN3O4/c23-14-5-10-19(32-22(31)17-3-1-2-4-18(17)24)13(11-14)12-26-28-21(30)20(29)27-16-8-6-15(25)7-9-16/h1-12H,(H,27,29)(H,28,30)/b26-12-. The van der Waals surface area contributed by atoms with Crippen molar-refractivity contribution < 1.29 is 23.5 Å². The number of carbonyl (C=O) groups is 3. The zero-order chi connectivity index (χ0) is 23.1. The summed E-state index contributed by atoms with van der Waals surface area (Å²) >= 11 is 9.33. The summed E-state index contributed by atoms with van der Waals surface area (Å²) in [5, 5.41) is 6.28. The molecule has 0 saturated heterocycles. The molecule has 162 valence electrons. The van der Waals surface area contributed by atoms with Gasteiger partial charge in [0, 0.05) is 15.7 Å². The van der Waals surface area contributed by atoms with Gasteiger partial charge in [-0.3, -0.25) is 9.59 Å². The first kappa shape index (κ1) is 23.1. The van der Waals surface area contributed by atoms with Crippen LogP contribution < -0.4 is 15.5 Å². The van der Waals surface area contributed by atoms with E-state index in [9.17, 15) is 18.8 Å². The number of nitrogens with one attached hydrogen (secondary N) is 2. The zero-order valence-electron chi connectivity index (χ0n) is 16.1. The lowest BCUT2D eigenvalue weighted by Gasteiger charge is -2.09. The monoisotopic (exact) mass is 517 g/mol. The molecule has 3 aromatic carbocycles. The summed E-state index contributed by atoms with van der Waals surface area (Å²) in [6, 6.07) is 16.1. The lowest BCUT2D eigenvalue weighted by atomic mass is 10.2. The van der Waals surface area contributed by atoms with Crippen LogP contribution in [-0.2, 0) is 9.59 Å². The van der Waals surface area contributed by atoms with Crippen molar-refractivity contribution in [3.63, 3.8) is 0 Å². The van der Waals surface area contributed by atoms with Crippen LogP contribution in [0.15, 0.2) is 76.3 Å². The molecule has 2 N–H and O–H groups in total. The number of rotatable bonds is 5. The van der Waals surface area contributed by atoms with Gasteiger partial charge in [0.25, 0.3) is 0 Å². The van der Waals surface area contributed by atoms with E-state index in [0.717, 1.165) is 12.1 Å². The molecule has 0 heterocycles. The average Bonchev–Trinajstić information content (AvgIpc) is 2.77. The van der Waals surface area contributed by atoms with Crippen molar-refractivity contribution in [3.8, 4) is 5.75 Å². The quantitative estimate of drug-likeness (QED) is 0.170. The van der Waals surface area contributed by atoms with Crippen molar-refractivity contribution in [3.05, 3.63) is 93.2 Å². The molecule has 3 aromatic rings. The summed E-state index contributed by atoms with van der Waals surface area (Å²) in [4.78, 5) is 36.3. The summed E-state index contributed by atoms with van der Waals surface area (Å²) < 4.78 is 19.0. The molecule has 2 amide bonds. The van der Waals surface area contributed by atoms with Gasteiger partial charge in [-0.15, -0.1) is 0 Å². The maximum Gasteiger partial charge on any atom is 0.345 e. The molecule has 0 radical (unpaired) electrons. The second kappa shape index (κ2) is 10.7. The van der Waals surface area contributed by atoms with Crippen molar-refractivity contribution in [2.75, 3.05) is 5.32 Å². The first-order valence-electron chi connectivity index (χ1n) is 8.99. The van der Waals surface area contributed by atoms with E-state index in [0.29, 0.717) is 10.0 Å². The van der Waals surface area contributed by atoms with Crippen molar-refractivity contribution in [1.29, 1.82) is 0 Å². The predicted octanol–water partition coefficient (Wildman–Crippen LogP) is 4.55. The number of hydrogen-bond acceptors (Lipinski definition) is 5. The first-order chi connectivity index (χ1) is 15.3. The highest BCUT2D eigenvalue weighted by Gasteiger charge is 2.15. The van der Waals surface area contributed by atoms with Gasteiger partial charge in [0.2, 0.25) is 0 Å². The second-order valence-electron chi connectivity index (χ2n) is 6.21. The number of anilines is 1. The molecule has 0 aliphatic heterocycles. The minimum absolute atomic E-state index is 0.159. The molecule has 32 heavy (non-hydrogen) atoms. The van der Waals surface area contributed by atoms with Crippen molar-refractivity contribution in [2.45, 2.75) is 0 Å². The first-order valence-corrected chi connectivity index (χ1v) is 10.2. The maximum atomic E-state index is 12.9. The van der Waals surface area contributed by atoms with Gasteiger partial charge in [-0.2, -0.15) is 5.10 Å². The lowest BCUT2D eigenvalue weighted by Crippen LogP contribution is -2.32. The molecule has 10 heteroatoms. The van der Waals surface area contributed by atoms with Crippen molar-refractivity contribution in [1.82, 2.24) is 5.43 Å². The van der Waals surface area contributed by atoms with Crippen LogP contribution in [0, 0.1) is 5.82 Å². The number of hydrazone groups is 1. The number of carbonyl (C=O) groups excluding carboxylic acids is 3. The van der Waals surface area contributed by atoms with Gasteiger partial charge < -0.3 is 10.1 Å². The van der Waals surface area contributed by atoms with Crippen LogP contribution in [0.25, 0.3) is 0 Å². The lowest BCUT2D eigenvalue weighted by molar-refractivity contribution is -0.136. The summed E-state index contributed by atoms with van der Waals surface area (Å²) in [6.07, 6.45) is 1.21. The molecule has 7 nitrogen and oxygen atoms in total. The van der Waals surface area contributed by atoms with Crippen molar-refractivity contribution in [2.24, 2.45) is 5.10 Å². The third-order valence-corrected chi connectivity index (χ3v) is 4.77. The van der Waals surface area contributed by atoms with E-state index in [1.807, 2.05) is 0 Å². The Kier molecular flexibility index (Phi) is 7.69. The van der Waals surface area contributed by atoms with Crippen LogP contribution in [0.3, 0.4) is 0 Å². The van der Waals surface area contributed by atoms with E-state index >= 15 is 0 Å². The Bertz CT molecular complexity index is 1200. The third kappa shape index (κ3) is 6.22. The fourth-order valence-electron chi connectivity index (χ4n) is 2.43. The van der Waals surface area contributed by atoms with Gasteiger partial charge in [0.15, 0.2) is 0 Å². The summed E-state index contributed by atoms with van der Waals surface area (Å²) in [6.45, 7) is 0. The fraction of sp³-hybridized carbons (Fsp3) is 0. The molecule has 3 rings (SSSR count). The molecule has 0 saturated carbocycles. The van der Waals surface area contributed by atoms with Crippen LogP contribution in [0.1, 0.15) is 15.9 Å². The molecule has 0 aliphatic rings. The smallest absolute Gasteiger partial charge is 0.345 e. The molecule has 0 atom stereocenters. The minimum Gasteiger partial charge on any atom is -0.422 e. The van der Waals surface area contributed by atoms with E-state index in [1.54, 1.807) is 30.3 Å². The topological polar surface area (TPSA) is 96.9 Å². The molecule has 0 fully saturated rings. The fourth-order valence-corrected chi connectivity index (χ4v) is 3.02. The normalized spacial score (nSPS) is 10.6. The van der Waals surface area contributed by atoms with Gasteiger partial charge in [-0.1, -0.05) is 39.7 Å². The molecule has 0 bridgehead atoms. The van der Waals surface area contributed by atoms with E-state index in [2.05, 4.69) is 31.8 Å². The van der Waals surface area contributed by atoms with Gasteiger partial charge >= 0.3 is 17.8 Å². The molecular formula is C22H14BrClFN3O4. The Morgan fingerprint density at radius 2 is 1.72 bits per heavy atom. The van der Waals surface area contributed by atoms with E-state index in [1.165, 1.54) is 30.5 Å². The number of ether oxygens (including phenoxy) is 1. The van der Waals surface area contributed by atoms with Gasteiger partial charge in [-0.05, 0) is 54.6 Å². The second-order valence-corrected chi connectivity index (χ2v) is 7.53. The zero-order valence-corrected chi connectivity index (χ0v) is 18.5. The van der Waals surface area contributed by atoms with Crippen LogP contribution in [-0.4, -0.2) is 24.0 Å². The highest BCUT2D eigenvalue weighted by molar-refractivity contribution is 9.10. The van der Waals surface area contributed by atoms with E-state index in [-0.39, 0.29) is 22.0 Å². The Morgan fingerprint density at radius 1 is 1.00 bits per heavy atom. The number of halogens is 3. The molecule has 0 unspecified atom stereocenters. The molecule has 0 aliphatic carbocycles. The average molecular weight is 519 g/mol. The number of hydrogen-bond donors (Lipinski definition) is 2. The van der Waals surface area contributed by atoms with Crippen LogP contribution in [0.2, 0.25) is 5.02 Å². The van der Waals surface area contributed by atoms with Crippen LogP contribution in [0.4, 0.5) is 10.1 Å². The number of benzene rings is 3. The predicted molar refractivity (Wildman–Crippen MR) is 121 cm³/mol. The van der Waals surface area contributed by atoms with Crippen molar-refractivity contribution >= 4 is 57.2 Å². The van der Waals surface area contributed by atoms with E-state index in [4.69, 9.17) is 16.3 Å². The third-order valence-electron chi connectivity index (χ3n) is 3.95. The maximum absolute atomic E-state index is 12.9. The Morgan fingerprint density at radius 3 is 2.44 bits per heavy atom.